The smallest absolute Gasteiger partial charge is 0.235 e. The minimum Gasteiger partial charge on any atom is -0.310 e. The number of nitrogens with zero attached hydrogens (tertiary/aromatic N) is 1. The van der Waals surface area contributed by atoms with E-state index < -0.39 is 10.0 Å². The van der Waals surface area contributed by atoms with Gasteiger partial charge in [0.1, 0.15) is 0 Å². The zero-order valence-corrected chi connectivity index (χ0v) is 16.5. The lowest BCUT2D eigenvalue weighted by Gasteiger charge is -2.29. The summed E-state index contributed by atoms with van der Waals surface area (Å²) in [6.45, 7) is 1.39. The maximum atomic E-state index is 12.1. The predicted octanol–water partition coefficient (Wildman–Crippen LogP) is 4.04. The molecular weight excluding hydrogens is 356 g/mol. The molecule has 2 aliphatic rings. The topological polar surface area (TPSA) is 49.4 Å². The number of sulfonamides is 1. The van der Waals surface area contributed by atoms with Gasteiger partial charge >= 0.3 is 0 Å². The Labute approximate surface area is 162 Å². The van der Waals surface area contributed by atoms with Gasteiger partial charge in [-0.1, -0.05) is 42.5 Å². The van der Waals surface area contributed by atoms with Gasteiger partial charge in [0.2, 0.25) is 10.0 Å². The van der Waals surface area contributed by atoms with Crippen molar-refractivity contribution >= 4 is 15.7 Å². The third-order valence-corrected chi connectivity index (χ3v) is 7.76. The molecule has 27 heavy (non-hydrogen) atoms. The summed E-state index contributed by atoms with van der Waals surface area (Å²) in [5.74, 6) is 0.952. The maximum Gasteiger partial charge on any atom is 0.235 e. The van der Waals surface area contributed by atoms with Gasteiger partial charge in [-0.05, 0) is 61.3 Å². The maximum absolute atomic E-state index is 12.1. The number of hydrogen-bond donors (Lipinski definition) is 1. The van der Waals surface area contributed by atoms with Crippen LogP contribution in [0.1, 0.15) is 49.1 Å². The molecule has 0 radical (unpaired) electrons. The van der Waals surface area contributed by atoms with E-state index in [0.717, 1.165) is 24.2 Å². The van der Waals surface area contributed by atoms with Crippen LogP contribution >= 0.6 is 0 Å². The lowest BCUT2D eigenvalue weighted by Crippen LogP contribution is -2.32. The highest BCUT2D eigenvalue weighted by Gasteiger charge is 2.28. The summed E-state index contributed by atoms with van der Waals surface area (Å²) in [4.78, 5) is 0. The Morgan fingerprint density at radius 3 is 2.44 bits per heavy atom. The quantitative estimate of drug-likeness (QED) is 0.846. The molecule has 1 aliphatic heterocycles. The largest absolute Gasteiger partial charge is 0.310 e. The molecule has 0 atom stereocenters. The molecule has 5 heteroatoms. The Kier molecular flexibility index (Phi) is 5.50. The average Bonchev–Trinajstić information content (AvgIpc) is 3.07. The van der Waals surface area contributed by atoms with Gasteiger partial charge in [0.05, 0.1) is 11.4 Å². The highest BCUT2D eigenvalue weighted by atomic mass is 32.2. The van der Waals surface area contributed by atoms with Crippen LogP contribution in [-0.4, -0.2) is 26.8 Å². The van der Waals surface area contributed by atoms with E-state index in [2.05, 4.69) is 41.7 Å². The van der Waals surface area contributed by atoms with E-state index in [4.69, 9.17) is 0 Å². The number of rotatable bonds is 5. The van der Waals surface area contributed by atoms with Gasteiger partial charge in [-0.2, -0.15) is 0 Å². The highest BCUT2D eigenvalue weighted by Crippen LogP contribution is 2.33. The summed E-state index contributed by atoms with van der Waals surface area (Å²) >= 11 is 0. The fraction of sp³-hybridized carbons (Fsp3) is 0.455. The molecule has 144 valence electrons. The monoisotopic (exact) mass is 384 g/mol. The zero-order chi connectivity index (χ0) is 18.7. The van der Waals surface area contributed by atoms with E-state index in [1.165, 1.54) is 31.2 Å². The van der Waals surface area contributed by atoms with Crippen LogP contribution in [0.3, 0.4) is 0 Å². The summed E-state index contributed by atoms with van der Waals surface area (Å²) in [6, 6.07) is 19.3. The van der Waals surface area contributed by atoms with E-state index in [1.54, 1.807) is 4.31 Å². The molecule has 2 fully saturated rings. The Bertz CT molecular complexity index is 859. The molecule has 0 aromatic heterocycles. The SMILES string of the molecule is O=S1(=O)CCCN1c1cccc(CNC2CCC(c3ccccc3)CC2)c1. The first-order valence-corrected chi connectivity index (χ1v) is 11.6. The van der Waals surface area contributed by atoms with Crippen molar-refractivity contribution in [3.8, 4) is 0 Å². The van der Waals surface area contributed by atoms with Crippen LogP contribution in [0, 0.1) is 0 Å². The number of hydrogen-bond acceptors (Lipinski definition) is 3. The number of anilines is 1. The van der Waals surface area contributed by atoms with Crippen LogP contribution in [0.4, 0.5) is 5.69 Å². The van der Waals surface area contributed by atoms with Crippen molar-refractivity contribution in [3.63, 3.8) is 0 Å². The fourth-order valence-electron chi connectivity index (χ4n) is 4.37. The first-order chi connectivity index (χ1) is 13.1. The third-order valence-electron chi connectivity index (χ3n) is 5.89. The summed E-state index contributed by atoms with van der Waals surface area (Å²) in [7, 11) is -3.11. The summed E-state index contributed by atoms with van der Waals surface area (Å²) < 4.78 is 25.8. The highest BCUT2D eigenvalue weighted by molar-refractivity contribution is 7.93. The second-order valence-electron chi connectivity index (χ2n) is 7.75. The average molecular weight is 385 g/mol. The first kappa shape index (κ1) is 18.5. The number of nitrogens with one attached hydrogen (secondary N) is 1. The van der Waals surface area contributed by atoms with Gasteiger partial charge < -0.3 is 5.32 Å². The molecule has 4 nitrogen and oxygen atoms in total. The van der Waals surface area contributed by atoms with Crippen LogP contribution in [0.25, 0.3) is 0 Å². The van der Waals surface area contributed by atoms with E-state index in [-0.39, 0.29) is 5.75 Å². The number of benzene rings is 2. The van der Waals surface area contributed by atoms with Gasteiger partial charge in [-0.15, -0.1) is 0 Å². The predicted molar refractivity (Wildman–Crippen MR) is 110 cm³/mol. The second kappa shape index (κ2) is 8.03. The van der Waals surface area contributed by atoms with Gasteiger partial charge in [-0.25, -0.2) is 8.42 Å². The first-order valence-electron chi connectivity index (χ1n) is 9.99. The van der Waals surface area contributed by atoms with Crippen LogP contribution in [0.2, 0.25) is 0 Å². The molecule has 1 saturated heterocycles. The van der Waals surface area contributed by atoms with Crippen molar-refractivity contribution in [1.29, 1.82) is 0 Å². The van der Waals surface area contributed by atoms with E-state index in [1.807, 2.05) is 18.2 Å². The molecule has 0 spiro atoms. The Balaban J connectivity index is 1.32. The molecule has 1 heterocycles. The summed E-state index contributed by atoms with van der Waals surface area (Å²) in [5, 5.41) is 3.68. The summed E-state index contributed by atoms with van der Waals surface area (Å²) in [5.41, 5.74) is 3.43. The molecule has 2 aromatic carbocycles. The van der Waals surface area contributed by atoms with Crippen LogP contribution in [0.15, 0.2) is 54.6 Å². The van der Waals surface area contributed by atoms with Gasteiger partial charge in [0.25, 0.3) is 0 Å². The molecule has 1 N–H and O–H groups in total. The van der Waals surface area contributed by atoms with Gasteiger partial charge in [0, 0.05) is 19.1 Å². The van der Waals surface area contributed by atoms with Gasteiger partial charge in [0.15, 0.2) is 0 Å². The van der Waals surface area contributed by atoms with E-state index in [9.17, 15) is 8.42 Å². The Morgan fingerprint density at radius 1 is 0.963 bits per heavy atom. The molecular formula is C22H28N2O2S. The zero-order valence-electron chi connectivity index (χ0n) is 15.7. The van der Waals surface area contributed by atoms with Gasteiger partial charge in [-0.3, -0.25) is 4.31 Å². The molecule has 2 aromatic rings. The normalized spacial score (nSPS) is 24.8. The lowest BCUT2D eigenvalue weighted by atomic mass is 9.82. The van der Waals surface area contributed by atoms with Crippen molar-refractivity contribution in [3.05, 3.63) is 65.7 Å². The molecule has 4 rings (SSSR count). The Hall–Kier alpha value is -1.85. The van der Waals surface area contributed by atoms with Crippen LogP contribution < -0.4 is 9.62 Å². The Morgan fingerprint density at radius 2 is 1.74 bits per heavy atom. The second-order valence-corrected chi connectivity index (χ2v) is 9.76. The minimum atomic E-state index is -3.11. The fourth-order valence-corrected chi connectivity index (χ4v) is 5.93. The standard InChI is InChI=1S/C22H28N2O2S/c25-27(26)15-5-14-24(27)22-9-4-6-18(16-22)17-23-21-12-10-20(11-13-21)19-7-2-1-3-8-19/h1-4,6-9,16,20-21,23H,5,10-15,17H2. The van der Waals surface area contributed by atoms with Crippen LogP contribution in [0.5, 0.6) is 0 Å². The van der Waals surface area contributed by atoms with Crippen molar-refractivity contribution in [2.45, 2.75) is 50.6 Å². The van der Waals surface area contributed by atoms with E-state index in [0.29, 0.717) is 18.5 Å². The van der Waals surface area contributed by atoms with Crippen molar-refractivity contribution in [2.24, 2.45) is 0 Å². The molecule has 0 bridgehead atoms. The minimum absolute atomic E-state index is 0.264. The molecule has 1 saturated carbocycles. The lowest BCUT2D eigenvalue weighted by molar-refractivity contribution is 0.341. The summed E-state index contributed by atoms with van der Waals surface area (Å²) in [6.07, 6.45) is 5.57. The van der Waals surface area contributed by atoms with Crippen LogP contribution in [-0.2, 0) is 16.6 Å². The van der Waals surface area contributed by atoms with Crippen molar-refractivity contribution < 1.29 is 8.42 Å². The molecule has 1 aliphatic carbocycles. The molecule has 0 unspecified atom stereocenters. The molecule has 0 amide bonds. The van der Waals surface area contributed by atoms with Crippen molar-refractivity contribution in [1.82, 2.24) is 5.32 Å². The third kappa shape index (κ3) is 4.36. The van der Waals surface area contributed by atoms with Crippen molar-refractivity contribution in [2.75, 3.05) is 16.6 Å². The van der Waals surface area contributed by atoms with E-state index >= 15 is 0 Å².